The highest BCUT2D eigenvalue weighted by molar-refractivity contribution is 14.0. The number of hydrogen-bond donors (Lipinski definition) is 2. The van der Waals surface area contributed by atoms with E-state index in [0.29, 0.717) is 6.04 Å². The Hall–Kier alpha value is -0.540. The standard InChI is InChI=1S/C19H33N5S.HI/c1-20-19(21-10-5-16-6-11-23(2)12-7-16)22-17-8-13-24(14-9-17)18-4-3-15-25-18;/h3-4,15-17H,5-14H2,1-2H3,(H2,20,21,22);1H. The van der Waals surface area contributed by atoms with Crippen molar-refractivity contribution in [3.8, 4) is 0 Å². The lowest BCUT2D eigenvalue weighted by Crippen LogP contribution is -2.49. The first kappa shape index (κ1) is 21.8. The molecule has 1 aromatic heterocycles. The number of halogens is 1. The highest BCUT2D eigenvalue weighted by Crippen LogP contribution is 2.24. The van der Waals surface area contributed by atoms with Crippen LogP contribution in [0.2, 0.25) is 0 Å². The molecule has 2 aliphatic heterocycles. The maximum absolute atomic E-state index is 4.42. The first-order valence-electron chi connectivity index (χ1n) is 9.69. The molecule has 0 amide bonds. The topological polar surface area (TPSA) is 42.9 Å². The predicted molar refractivity (Wildman–Crippen MR) is 124 cm³/mol. The normalized spacial score (nSPS) is 20.7. The number of guanidine groups is 1. The largest absolute Gasteiger partial charge is 0.363 e. The summed E-state index contributed by atoms with van der Waals surface area (Å²) in [6, 6.07) is 4.90. The van der Waals surface area contributed by atoms with Gasteiger partial charge in [-0.25, -0.2) is 0 Å². The summed E-state index contributed by atoms with van der Waals surface area (Å²) in [4.78, 5) is 9.36. The summed E-state index contributed by atoms with van der Waals surface area (Å²) in [5.74, 6) is 1.85. The van der Waals surface area contributed by atoms with Crippen molar-refractivity contribution in [1.82, 2.24) is 15.5 Å². The molecule has 2 aliphatic rings. The van der Waals surface area contributed by atoms with Crippen LogP contribution in [0.25, 0.3) is 0 Å². The molecule has 0 aliphatic carbocycles. The molecule has 0 aromatic carbocycles. The molecule has 0 saturated carbocycles. The number of anilines is 1. The molecule has 0 unspecified atom stereocenters. The second-order valence-corrected chi connectivity index (χ2v) is 8.32. The number of rotatable bonds is 5. The van der Waals surface area contributed by atoms with Crippen molar-refractivity contribution >= 4 is 46.3 Å². The van der Waals surface area contributed by atoms with Gasteiger partial charge in [-0.15, -0.1) is 35.3 Å². The maximum Gasteiger partial charge on any atom is 0.191 e. The minimum absolute atomic E-state index is 0. The number of nitrogens with zero attached hydrogens (tertiary/aromatic N) is 3. The van der Waals surface area contributed by atoms with Gasteiger partial charge in [0.25, 0.3) is 0 Å². The van der Waals surface area contributed by atoms with Gasteiger partial charge < -0.3 is 20.4 Å². The zero-order valence-corrected chi connectivity index (χ0v) is 19.3. The van der Waals surface area contributed by atoms with E-state index >= 15 is 0 Å². The first-order chi connectivity index (χ1) is 12.2. The number of nitrogens with one attached hydrogen (secondary N) is 2. The molecule has 26 heavy (non-hydrogen) atoms. The second kappa shape index (κ2) is 11.3. The molecular weight excluding hydrogens is 457 g/mol. The van der Waals surface area contributed by atoms with Crippen molar-refractivity contribution < 1.29 is 0 Å². The van der Waals surface area contributed by atoms with E-state index in [-0.39, 0.29) is 24.0 Å². The van der Waals surface area contributed by atoms with Crippen molar-refractivity contribution in [1.29, 1.82) is 0 Å². The number of likely N-dealkylation sites (tertiary alicyclic amines) is 1. The van der Waals surface area contributed by atoms with E-state index in [4.69, 9.17) is 0 Å². The van der Waals surface area contributed by atoms with Crippen LogP contribution in [0.1, 0.15) is 32.1 Å². The number of thiophene rings is 1. The summed E-state index contributed by atoms with van der Waals surface area (Å²) in [7, 11) is 4.11. The zero-order chi connectivity index (χ0) is 17.5. The molecule has 0 spiro atoms. The summed E-state index contributed by atoms with van der Waals surface area (Å²) in [5.41, 5.74) is 0. The Morgan fingerprint density at radius 1 is 1.19 bits per heavy atom. The lowest BCUT2D eigenvalue weighted by molar-refractivity contribution is 0.213. The van der Waals surface area contributed by atoms with Gasteiger partial charge >= 0.3 is 0 Å². The van der Waals surface area contributed by atoms with Crippen molar-refractivity contribution in [3.05, 3.63) is 17.5 Å². The van der Waals surface area contributed by atoms with E-state index in [1.165, 1.54) is 50.2 Å². The van der Waals surface area contributed by atoms with Gasteiger partial charge in [-0.3, -0.25) is 4.99 Å². The minimum atomic E-state index is 0. The Labute approximate surface area is 179 Å². The van der Waals surface area contributed by atoms with Gasteiger partial charge in [0, 0.05) is 32.7 Å². The fraction of sp³-hybridized carbons (Fsp3) is 0.737. The molecule has 0 bridgehead atoms. The van der Waals surface area contributed by atoms with Crippen LogP contribution in [0.15, 0.2) is 22.5 Å². The molecule has 2 N–H and O–H groups in total. The Morgan fingerprint density at radius 3 is 2.54 bits per heavy atom. The SMILES string of the molecule is CN=C(NCCC1CCN(C)CC1)NC1CCN(c2cccs2)CC1.I. The minimum Gasteiger partial charge on any atom is -0.363 e. The van der Waals surface area contributed by atoms with Crippen LogP contribution in [0.4, 0.5) is 5.00 Å². The summed E-state index contributed by atoms with van der Waals surface area (Å²) >= 11 is 1.84. The molecule has 5 nitrogen and oxygen atoms in total. The number of aliphatic imine (C=N–C) groups is 1. The van der Waals surface area contributed by atoms with Gasteiger partial charge in [-0.1, -0.05) is 0 Å². The van der Waals surface area contributed by atoms with Crippen LogP contribution in [-0.2, 0) is 0 Å². The molecule has 1 aromatic rings. The molecule has 3 heterocycles. The maximum atomic E-state index is 4.42. The Balaban J connectivity index is 0.00000243. The van der Waals surface area contributed by atoms with Crippen LogP contribution in [0, 0.1) is 5.92 Å². The van der Waals surface area contributed by atoms with E-state index < -0.39 is 0 Å². The van der Waals surface area contributed by atoms with E-state index in [1.807, 2.05) is 18.4 Å². The quantitative estimate of drug-likeness (QED) is 0.377. The molecule has 0 atom stereocenters. The fourth-order valence-electron chi connectivity index (χ4n) is 3.83. The second-order valence-electron chi connectivity index (χ2n) is 7.39. The van der Waals surface area contributed by atoms with Gasteiger partial charge in [0.1, 0.15) is 0 Å². The molecular formula is C19H34IN5S. The third kappa shape index (κ3) is 6.56. The third-order valence-electron chi connectivity index (χ3n) is 5.56. The van der Waals surface area contributed by atoms with Crippen LogP contribution in [0.3, 0.4) is 0 Å². The molecule has 3 rings (SSSR count). The first-order valence-corrected chi connectivity index (χ1v) is 10.6. The molecule has 0 radical (unpaired) electrons. The Morgan fingerprint density at radius 2 is 1.92 bits per heavy atom. The van der Waals surface area contributed by atoms with Crippen molar-refractivity contribution in [2.24, 2.45) is 10.9 Å². The zero-order valence-electron chi connectivity index (χ0n) is 16.1. The predicted octanol–water partition coefficient (Wildman–Crippen LogP) is 3.23. The Kier molecular flexibility index (Phi) is 9.49. The fourth-order valence-corrected chi connectivity index (χ4v) is 4.61. The van der Waals surface area contributed by atoms with Crippen molar-refractivity contribution in [2.45, 2.75) is 38.1 Å². The van der Waals surface area contributed by atoms with Crippen LogP contribution < -0.4 is 15.5 Å². The van der Waals surface area contributed by atoms with Crippen LogP contribution in [-0.4, -0.2) is 63.7 Å². The van der Waals surface area contributed by atoms with Gasteiger partial charge in [-0.05, 0) is 75.7 Å². The highest BCUT2D eigenvalue weighted by atomic mass is 127. The molecule has 7 heteroatoms. The van der Waals surface area contributed by atoms with E-state index in [2.05, 4.69) is 50.0 Å². The summed E-state index contributed by atoms with van der Waals surface area (Å²) in [5, 5.41) is 10.7. The average Bonchev–Trinajstić information content (AvgIpc) is 3.18. The van der Waals surface area contributed by atoms with Gasteiger partial charge in [0.2, 0.25) is 0 Å². The summed E-state index contributed by atoms with van der Waals surface area (Å²) < 4.78 is 0. The number of hydrogen-bond acceptors (Lipinski definition) is 4. The average molecular weight is 491 g/mol. The molecule has 2 saturated heterocycles. The summed E-state index contributed by atoms with van der Waals surface area (Å²) in [6.07, 6.45) is 6.28. The third-order valence-corrected chi connectivity index (χ3v) is 6.49. The van der Waals surface area contributed by atoms with Crippen LogP contribution >= 0.6 is 35.3 Å². The smallest absolute Gasteiger partial charge is 0.191 e. The van der Waals surface area contributed by atoms with Gasteiger partial charge in [-0.2, -0.15) is 0 Å². The van der Waals surface area contributed by atoms with E-state index in [9.17, 15) is 0 Å². The molecule has 2 fully saturated rings. The lowest BCUT2D eigenvalue weighted by Gasteiger charge is -2.33. The van der Waals surface area contributed by atoms with Crippen molar-refractivity contribution in [3.63, 3.8) is 0 Å². The molecule has 148 valence electrons. The van der Waals surface area contributed by atoms with Gasteiger partial charge in [0.15, 0.2) is 5.96 Å². The van der Waals surface area contributed by atoms with E-state index in [1.54, 1.807) is 0 Å². The lowest BCUT2D eigenvalue weighted by atomic mass is 9.94. The monoisotopic (exact) mass is 491 g/mol. The van der Waals surface area contributed by atoms with E-state index in [0.717, 1.165) is 31.5 Å². The van der Waals surface area contributed by atoms with Crippen molar-refractivity contribution in [2.75, 3.05) is 51.7 Å². The van der Waals surface area contributed by atoms with Gasteiger partial charge in [0.05, 0.1) is 5.00 Å². The van der Waals surface area contributed by atoms with Crippen LogP contribution in [0.5, 0.6) is 0 Å². The Bertz CT molecular complexity index is 520. The highest BCUT2D eigenvalue weighted by Gasteiger charge is 2.21. The summed E-state index contributed by atoms with van der Waals surface area (Å²) in [6.45, 7) is 5.79. The number of piperidine rings is 2.